The Morgan fingerprint density at radius 2 is 2.40 bits per heavy atom. The molecule has 0 spiro atoms. The number of aryl methyl sites for hydroxylation is 1. The number of nitrogens with two attached hydrogens (primary N) is 1. The number of nitrogens with zero attached hydrogens (tertiary/aromatic N) is 3. The van der Waals surface area contributed by atoms with Crippen molar-refractivity contribution in [2.24, 2.45) is 18.7 Å². The van der Waals surface area contributed by atoms with E-state index in [2.05, 4.69) is 16.8 Å². The van der Waals surface area contributed by atoms with E-state index in [1.54, 1.807) is 6.20 Å². The van der Waals surface area contributed by atoms with Crippen LogP contribution >= 0.6 is 0 Å². The van der Waals surface area contributed by atoms with Gasteiger partial charge in [0.05, 0.1) is 5.84 Å². The Kier molecular flexibility index (Phi) is 3.71. The lowest BCUT2D eigenvalue weighted by Crippen LogP contribution is -2.35. The predicted molar refractivity (Wildman–Crippen MR) is 62.2 cm³/mol. The molecule has 1 heterocycles. The van der Waals surface area contributed by atoms with Gasteiger partial charge in [0.2, 0.25) is 5.95 Å². The molecule has 0 bridgehead atoms. The van der Waals surface area contributed by atoms with Crippen LogP contribution in [0.4, 0.5) is 5.95 Å². The first-order valence-electron chi connectivity index (χ1n) is 5.12. The van der Waals surface area contributed by atoms with Gasteiger partial charge in [0.25, 0.3) is 0 Å². The first kappa shape index (κ1) is 11.6. The minimum atomic E-state index is 0.0571. The first-order valence-corrected chi connectivity index (χ1v) is 5.12. The molecule has 3 N–H and O–H groups in total. The van der Waals surface area contributed by atoms with E-state index in [0.29, 0.717) is 0 Å². The molecule has 0 aliphatic rings. The van der Waals surface area contributed by atoms with Gasteiger partial charge in [-0.15, -0.1) is 0 Å². The molecule has 84 valence electrons. The Bertz CT molecular complexity index is 330. The number of nitrogens with one attached hydrogen (secondary N) is 1. The molecular weight excluding hydrogens is 190 g/mol. The summed E-state index contributed by atoms with van der Waals surface area (Å²) in [6.07, 6.45) is 3.69. The molecule has 1 rings (SSSR count). The van der Waals surface area contributed by atoms with Gasteiger partial charge in [-0.2, -0.15) is 0 Å². The molecule has 0 aromatic carbocycles. The highest BCUT2D eigenvalue weighted by molar-refractivity contribution is 5.79. The second-order valence-corrected chi connectivity index (χ2v) is 3.73. The van der Waals surface area contributed by atoms with Crippen LogP contribution < -0.4 is 10.6 Å². The maximum Gasteiger partial charge on any atom is 0.205 e. The van der Waals surface area contributed by atoms with Crippen molar-refractivity contribution < 1.29 is 0 Å². The van der Waals surface area contributed by atoms with Gasteiger partial charge in [-0.05, 0) is 6.92 Å². The second-order valence-electron chi connectivity index (χ2n) is 3.73. The third kappa shape index (κ3) is 2.71. The van der Waals surface area contributed by atoms with E-state index in [9.17, 15) is 0 Å². The Morgan fingerprint density at radius 3 is 2.80 bits per heavy atom. The lowest BCUT2D eigenvalue weighted by molar-refractivity contribution is 0.668. The van der Waals surface area contributed by atoms with Crippen molar-refractivity contribution in [3.63, 3.8) is 0 Å². The zero-order valence-electron chi connectivity index (χ0n) is 9.57. The first-order chi connectivity index (χ1) is 7.06. The number of hydrogen-bond donors (Lipinski definition) is 2. The van der Waals surface area contributed by atoms with Crippen molar-refractivity contribution in [3.05, 3.63) is 12.4 Å². The van der Waals surface area contributed by atoms with Crippen LogP contribution in [0.2, 0.25) is 0 Å². The average molecular weight is 209 g/mol. The highest BCUT2D eigenvalue weighted by Crippen LogP contribution is 2.11. The van der Waals surface area contributed by atoms with Crippen LogP contribution in [0.1, 0.15) is 13.8 Å². The molecule has 0 fully saturated rings. The Morgan fingerprint density at radius 1 is 1.73 bits per heavy atom. The molecule has 0 saturated carbocycles. The van der Waals surface area contributed by atoms with Gasteiger partial charge in [0.1, 0.15) is 0 Å². The normalized spacial score (nSPS) is 12.5. The predicted octanol–water partition coefficient (Wildman–Crippen LogP) is 0.818. The molecule has 0 amide bonds. The van der Waals surface area contributed by atoms with Gasteiger partial charge in [-0.3, -0.25) is 5.41 Å². The van der Waals surface area contributed by atoms with Crippen molar-refractivity contribution in [2.45, 2.75) is 13.8 Å². The summed E-state index contributed by atoms with van der Waals surface area (Å²) in [5.74, 6) is 1.20. The van der Waals surface area contributed by atoms with Crippen molar-refractivity contribution in [2.75, 3.05) is 18.0 Å². The summed E-state index contributed by atoms with van der Waals surface area (Å²) < 4.78 is 1.97. The van der Waals surface area contributed by atoms with Crippen LogP contribution in [0.15, 0.2) is 12.4 Å². The van der Waals surface area contributed by atoms with E-state index in [-0.39, 0.29) is 11.8 Å². The third-order valence-electron chi connectivity index (χ3n) is 2.49. The van der Waals surface area contributed by atoms with Crippen LogP contribution in [0.25, 0.3) is 0 Å². The molecule has 0 aliphatic heterocycles. The number of rotatable bonds is 5. The fraction of sp³-hybridized carbons (Fsp3) is 0.600. The summed E-state index contributed by atoms with van der Waals surface area (Å²) in [6, 6.07) is 0. The minimum Gasteiger partial charge on any atom is -0.387 e. The molecule has 1 atom stereocenters. The number of imidazole rings is 1. The molecule has 0 saturated heterocycles. The molecule has 1 aromatic rings. The smallest absolute Gasteiger partial charge is 0.205 e. The fourth-order valence-corrected chi connectivity index (χ4v) is 1.44. The second kappa shape index (κ2) is 4.82. The van der Waals surface area contributed by atoms with Crippen molar-refractivity contribution >= 4 is 11.8 Å². The van der Waals surface area contributed by atoms with E-state index in [1.165, 1.54) is 0 Å². The summed E-state index contributed by atoms with van der Waals surface area (Å²) in [6.45, 7) is 5.62. The third-order valence-corrected chi connectivity index (χ3v) is 2.49. The SMILES string of the molecule is CCN(CC(C)C(=N)N)c1nccn1C. The highest BCUT2D eigenvalue weighted by atomic mass is 15.3. The summed E-state index contributed by atoms with van der Waals surface area (Å²) in [5, 5.41) is 7.37. The Labute approximate surface area is 90.4 Å². The quantitative estimate of drug-likeness (QED) is 0.557. The van der Waals surface area contributed by atoms with Crippen LogP contribution in [0.5, 0.6) is 0 Å². The molecule has 5 nitrogen and oxygen atoms in total. The number of aromatic nitrogens is 2. The van der Waals surface area contributed by atoms with Crippen molar-refractivity contribution in [1.29, 1.82) is 5.41 Å². The largest absolute Gasteiger partial charge is 0.387 e. The summed E-state index contributed by atoms with van der Waals surface area (Å²) >= 11 is 0. The molecule has 0 radical (unpaired) electrons. The Balaban J connectivity index is 2.73. The van der Waals surface area contributed by atoms with Crippen LogP contribution in [-0.2, 0) is 7.05 Å². The van der Waals surface area contributed by atoms with Gasteiger partial charge in [-0.25, -0.2) is 4.98 Å². The maximum atomic E-state index is 7.37. The zero-order valence-corrected chi connectivity index (χ0v) is 9.57. The van der Waals surface area contributed by atoms with Gasteiger partial charge in [0, 0.05) is 38.4 Å². The van der Waals surface area contributed by atoms with Crippen LogP contribution in [-0.4, -0.2) is 28.5 Å². The lowest BCUT2D eigenvalue weighted by atomic mass is 10.1. The van der Waals surface area contributed by atoms with E-state index in [4.69, 9.17) is 11.1 Å². The highest BCUT2D eigenvalue weighted by Gasteiger charge is 2.14. The van der Waals surface area contributed by atoms with Gasteiger partial charge < -0.3 is 15.2 Å². The molecule has 1 unspecified atom stereocenters. The van der Waals surface area contributed by atoms with E-state index < -0.39 is 0 Å². The molecule has 15 heavy (non-hydrogen) atoms. The van der Waals surface area contributed by atoms with Gasteiger partial charge in [-0.1, -0.05) is 6.92 Å². The van der Waals surface area contributed by atoms with Crippen molar-refractivity contribution in [3.8, 4) is 0 Å². The topological polar surface area (TPSA) is 70.9 Å². The minimum absolute atomic E-state index is 0.0571. The Hall–Kier alpha value is -1.52. The molecular formula is C10H19N5. The summed E-state index contributed by atoms with van der Waals surface area (Å²) in [4.78, 5) is 6.39. The van der Waals surface area contributed by atoms with Crippen LogP contribution in [0, 0.1) is 11.3 Å². The summed E-state index contributed by atoms with van der Waals surface area (Å²) in [7, 11) is 1.96. The molecule has 5 heteroatoms. The number of amidine groups is 1. The van der Waals surface area contributed by atoms with E-state index in [1.807, 2.05) is 24.7 Å². The molecule has 1 aromatic heterocycles. The summed E-state index contributed by atoms with van der Waals surface area (Å²) in [5.41, 5.74) is 5.46. The molecule has 0 aliphatic carbocycles. The van der Waals surface area contributed by atoms with Gasteiger partial charge >= 0.3 is 0 Å². The number of hydrogen-bond acceptors (Lipinski definition) is 3. The van der Waals surface area contributed by atoms with E-state index in [0.717, 1.165) is 19.0 Å². The van der Waals surface area contributed by atoms with Crippen LogP contribution in [0.3, 0.4) is 0 Å². The van der Waals surface area contributed by atoms with Crippen molar-refractivity contribution in [1.82, 2.24) is 9.55 Å². The average Bonchev–Trinajstić information content (AvgIpc) is 2.60. The van der Waals surface area contributed by atoms with E-state index >= 15 is 0 Å². The fourth-order valence-electron chi connectivity index (χ4n) is 1.44. The monoisotopic (exact) mass is 209 g/mol. The lowest BCUT2D eigenvalue weighted by Gasteiger charge is -2.24. The van der Waals surface area contributed by atoms with Gasteiger partial charge in [0.15, 0.2) is 0 Å². The maximum absolute atomic E-state index is 7.37. The number of anilines is 1. The standard InChI is InChI=1S/C10H19N5/c1-4-15(7-8(2)9(11)12)10-13-5-6-14(10)3/h5-6,8H,4,7H2,1-3H3,(H3,11,12). The zero-order chi connectivity index (χ0) is 11.4.